The first-order chi connectivity index (χ1) is 7.69. The van der Waals surface area contributed by atoms with Crippen LogP contribution in [-0.4, -0.2) is 17.8 Å². The van der Waals surface area contributed by atoms with E-state index in [-0.39, 0.29) is 11.8 Å². The Morgan fingerprint density at radius 3 is 2.75 bits per heavy atom. The Labute approximate surface area is 108 Å². The lowest BCUT2D eigenvalue weighted by Gasteiger charge is -2.18. The fraction of sp³-hybridized carbons (Fsp3) is 0.923. The van der Waals surface area contributed by atoms with Crippen molar-refractivity contribution in [2.75, 3.05) is 11.9 Å². The molecule has 1 saturated carbocycles. The van der Waals surface area contributed by atoms with E-state index in [0.717, 1.165) is 31.1 Å². The second-order valence-electron chi connectivity index (χ2n) is 5.01. The average molecular weight is 290 g/mol. The molecule has 0 aromatic carbocycles. The molecule has 3 heteroatoms. The summed E-state index contributed by atoms with van der Waals surface area (Å²) in [6, 6.07) is 0. The van der Waals surface area contributed by atoms with Gasteiger partial charge in [0, 0.05) is 17.8 Å². The number of halogens is 1. The van der Waals surface area contributed by atoms with E-state index in [1.54, 1.807) is 0 Å². The summed E-state index contributed by atoms with van der Waals surface area (Å²) in [5.74, 6) is 1.77. The van der Waals surface area contributed by atoms with Crippen molar-refractivity contribution in [2.45, 2.75) is 46.0 Å². The van der Waals surface area contributed by atoms with Crippen LogP contribution >= 0.6 is 15.9 Å². The second kappa shape index (κ2) is 7.31. The summed E-state index contributed by atoms with van der Waals surface area (Å²) >= 11 is 3.46. The van der Waals surface area contributed by atoms with Crippen molar-refractivity contribution in [2.24, 2.45) is 17.8 Å². The highest BCUT2D eigenvalue weighted by molar-refractivity contribution is 9.09. The fourth-order valence-corrected chi connectivity index (χ4v) is 3.16. The average Bonchev–Trinajstić information content (AvgIpc) is 2.70. The molecule has 1 rings (SSSR count). The van der Waals surface area contributed by atoms with E-state index < -0.39 is 0 Å². The zero-order valence-electron chi connectivity index (χ0n) is 10.5. The van der Waals surface area contributed by atoms with Gasteiger partial charge in [-0.2, -0.15) is 0 Å². The van der Waals surface area contributed by atoms with E-state index in [1.807, 2.05) is 0 Å². The highest BCUT2D eigenvalue weighted by atomic mass is 79.9. The van der Waals surface area contributed by atoms with Crippen LogP contribution < -0.4 is 5.32 Å². The largest absolute Gasteiger partial charge is 0.356 e. The van der Waals surface area contributed by atoms with E-state index in [0.29, 0.717) is 11.8 Å². The Bertz CT molecular complexity index is 220. The van der Waals surface area contributed by atoms with E-state index in [2.05, 4.69) is 35.1 Å². The molecule has 1 aliphatic carbocycles. The van der Waals surface area contributed by atoms with Crippen LogP contribution in [-0.2, 0) is 4.79 Å². The summed E-state index contributed by atoms with van der Waals surface area (Å²) in [5.41, 5.74) is 0. The van der Waals surface area contributed by atoms with Gasteiger partial charge in [0.2, 0.25) is 5.91 Å². The summed E-state index contributed by atoms with van der Waals surface area (Å²) in [4.78, 5) is 12.0. The maximum absolute atomic E-state index is 12.0. The van der Waals surface area contributed by atoms with Crippen LogP contribution in [0.5, 0.6) is 0 Å². The molecule has 3 unspecified atom stereocenters. The molecule has 94 valence electrons. The minimum absolute atomic E-state index is 0.279. The van der Waals surface area contributed by atoms with Crippen molar-refractivity contribution in [3.8, 4) is 0 Å². The molecule has 1 N–H and O–H groups in total. The number of amides is 1. The van der Waals surface area contributed by atoms with Gasteiger partial charge in [0.05, 0.1) is 0 Å². The van der Waals surface area contributed by atoms with Gasteiger partial charge >= 0.3 is 0 Å². The van der Waals surface area contributed by atoms with Crippen molar-refractivity contribution in [1.82, 2.24) is 5.32 Å². The van der Waals surface area contributed by atoms with Gasteiger partial charge in [-0.15, -0.1) is 0 Å². The smallest absolute Gasteiger partial charge is 0.223 e. The molecule has 0 spiro atoms. The predicted octanol–water partition coefficient (Wildman–Crippen LogP) is 3.35. The summed E-state index contributed by atoms with van der Waals surface area (Å²) in [6.07, 6.45) is 5.82. The minimum Gasteiger partial charge on any atom is -0.356 e. The molecule has 0 saturated heterocycles. The Kier molecular flexibility index (Phi) is 6.40. The van der Waals surface area contributed by atoms with E-state index in [9.17, 15) is 4.79 Å². The first kappa shape index (κ1) is 14.0. The quantitative estimate of drug-likeness (QED) is 0.747. The van der Waals surface area contributed by atoms with Gasteiger partial charge in [0.25, 0.3) is 0 Å². The molecule has 0 aromatic heterocycles. The normalized spacial score (nSPS) is 26.7. The van der Waals surface area contributed by atoms with Gasteiger partial charge in [-0.1, -0.05) is 42.6 Å². The summed E-state index contributed by atoms with van der Waals surface area (Å²) < 4.78 is 0. The number of carbonyl (C=O) groups excluding carboxylic acids is 1. The maximum Gasteiger partial charge on any atom is 0.223 e. The van der Waals surface area contributed by atoms with Gasteiger partial charge in [-0.3, -0.25) is 4.79 Å². The Balaban J connectivity index is 2.28. The summed E-state index contributed by atoms with van der Waals surface area (Å²) in [5, 5.41) is 4.16. The number of hydrogen-bond acceptors (Lipinski definition) is 1. The Morgan fingerprint density at radius 2 is 2.25 bits per heavy atom. The summed E-state index contributed by atoms with van der Waals surface area (Å²) in [7, 11) is 0. The molecule has 2 nitrogen and oxygen atoms in total. The lowest BCUT2D eigenvalue weighted by atomic mass is 9.96. The molecule has 3 atom stereocenters. The third kappa shape index (κ3) is 4.08. The van der Waals surface area contributed by atoms with Crippen LogP contribution in [0.25, 0.3) is 0 Å². The lowest BCUT2D eigenvalue weighted by Crippen LogP contribution is -2.35. The van der Waals surface area contributed by atoms with Crippen LogP contribution in [0.15, 0.2) is 0 Å². The van der Waals surface area contributed by atoms with Gasteiger partial charge < -0.3 is 5.32 Å². The number of nitrogens with one attached hydrogen (secondary N) is 1. The van der Waals surface area contributed by atoms with Crippen LogP contribution in [0.3, 0.4) is 0 Å². The molecule has 0 heterocycles. The monoisotopic (exact) mass is 289 g/mol. The number of rotatable bonds is 6. The van der Waals surface area contributed by atoms with Gasteiger partial charge in [-0.25, -0.2) is 0 Å². The van der Waals surface area contributed by atoms with Gasteiger partial charge in [0.1, 0.15) is 0 Å². The molecule has 1 fully saturated rings. The zero-order chi connectivity index (χ0) is 12.0. The highest BCUT2D eigenvalue weighted by Gasteiger charge is 2.29. The van der Waals surface area contributed by atoms with E-state index in [4.69, 9.17) is 0 Å². The Hall–Kier alpha value is -0.0500. The molecular formula is C13H24BrNO. The molecule has 16 heavy (non-hydrogen) atoms. The zero-order valence-corrected chi connectivity index (χ0v) is 12.1. The van der Waals surface area contributed by atoms with Crippen molar-refractivity contribution in [3.05, 3.63) is 0 Å². The lowest BCUT2D eigenvalue weighted by molar-refractivity contribution is -0.126. The van der Waals surface area contributed by atoms with Crippen LogP contribution in [0.2, 0.25) is 0 Å². The molecule has 0 bridgehead atoms. The van der Waals surface area contributed by atoms with E-state index in [1.165, 1.54) is 12.8 Å². The molecule has 1 amide bonds. The standard InChI is InChI=1S/C13H24BrNO/c1-3-11(7-8-14)9-15-13(16)12-6-4-5-10(12)2/h10-12H,3-9H2,1-2H3,(H,15,16). The predicted molar refractivity (Wildman–Crippen MR) is 71.7 cm³/mol. The number of hydrogen-bond donors (Lipinski definition) is 1. The molecule has 0 aromatic rings. The van der Waals surface area contributed by atoms with Crippen molar-refractivity contribution < 1.29 is 4.79 Å². The molecular weight excluding hydrogens is 266 g/mol. The third-order valence-corrected chi connectivity index (χ3v) is 4.32. The second-order valence-corrected chi connectivity index (χ2v) is 5.80. The SMILES string of the molecule is CCC(CCBr)CNC(=O)C1CCCC1C. The fourth-order valence-electron chi connectivity index (χ4n) is 2.52. The molecule has 0 radical (unpaired) electrons. The Morgan fingerprint density at radius 1 is 1.50 bits per heavy atom. The van der Waals surface area contributed by atoms with Crippen molar-refractivity contribution in [3.63, 3.8) is 0 Å². The first-order valence-corrected chi connectivity index (χ1v) is 7.64. The van der Waals surface area contributed by atoms with E-state index >= 15 is 0 Å². The summed E-state index contributed by atoms with van der Waals surface area (Å²) in [6.45, 7) is 5.24. The first-order valence-electron chi connectivity index (χ1n) is 6.52. The molecule has 0 aliphatic heterocycles. The molecule has 1 aliphatic rings. The minimum atomic E-state index is 0.279. The van der Waals surface area contributed by atoms with Crippen LogP contribution in [0, 0.1) is 17.8 Å². The van der Waals surface area contributed by atoms with Crippen molar-refractivity contribution in [1.29, 1.82) is 0 Å². The number of alkyl halides is 1. The van der Waals surface area contributed by atoms with Crippen LogP contribution in [0.4, 0.5) is 0 Å². The van der Waals surface area contributed by atoms with Gasteiger partial charge in [-0.05, 0) is 31.1 Å². The highest BCUT2D eigenvalue weighted by Crippen LogP contribution is 2.31. The maximum atomic E-state index is 12.0. The number of carbonyl (C=O) groups is 1. The third-order valence-electron chi connectivity index (χ3n) is 3.86. The van der Waals surface area contributed by atoms with Crippen LogP contribution in [0.1, 0.15) is 46.0 Å². The topological polar surface area (TPSA) is 29.1 Å². The van der Waals surface area contributed by atoms with Crippen molar-refractivity contribution >= 4 is 21.8 Å². The van der Waals surface area contributed by atoms with Gasteiger partial charge in [0.15, 0.2) is 0 Å².